The zero-order chi connectivity index (χ0) is 15.4. The number of aliphatic hydroxyl groups excluding tert-OH is 1. The van der Waals surface area contributed by atoms with Crippen molar-refractivity contribution in [2.45, 2.75) is 18.6 Å². The highest BCUT2D eigenvalue weighted by molar-refractivity contribution is 6.30. The zero-order valence-corrected chi connectivity index (χ0v) is 13.1. The molecule has 114 valence electrons. The number of carbonyl (C=O) groups excluding carboxylic acids is 1. The lowest BCUT2D eigenvalue weighted by atomic mass is 10.2. The number of nitrogens with zero attached hydrogens (tertiary/aromatic N) is 2. The Labute approximate surface area is 130 Å². The second-order valence-corrected chi connectivity index (χ2v) is 6.12. The molecule has 0 saturated carbocycles. The molecule has 1 aromatic rings. The lowest BCUT2D eigenvalue weighted by Crippen LogP contribution is -2.40. The monoisotopic (exact) mass is 308 g/mol. The fourth-order valence-corrected chi connectivity index (χ4v) is 2.83. The molecule has 0 aromatic heterocycles. The van der Waals surface area contributed by atoms with Gasteiger partial charge in [-0.1, -0.05) is 23.7 Å². The second-order valence-electron chi connectivity index (χ2n) is 5.68. The van der Waals surface area contributed by atoms with Gasteiger partial charge in [-0.25, -0.2) is 0 Å². The molecule has 2 atom stereocenters. The van der Waals surface area contributed by atoms with E-state index in [1.807, 2.05) is 37.2 Å². The van der Waals surface area contributed by atoms with Gasteiger partial charge in [-0.05, 0) is 44.3 Å². The van der Waals surface area contributed by atoms with Crippen LogP contribution in [0.5, 0.6) is 0 Å². The van der Waals surface area contributed by atoms with Crippen LogP contribution < -0.4 is 0 Å². The van der Waals surface area contributed by atoms with E-state index in [1.54, 1.807) is 23.1 Å². The summed E-state index contributed by atoms with van der Waals surface area (Å²) < 4.78 is 0. The highest BCUT2D eigenvalue weighted by Gasteiger charge is 2.33. The number of halogens is 1. The number of aliphatic hydroxyl groups is 1. The van der Waals surface area contributed by atoms with Crippen molar-refractivity contribution in [1.29, 1.82) is 0 Å². The molecular weight excluding hydrogens is 288 g/mol. The van der Waals surface area contributed by atoms with Gasteiger partial charge < -0.3 is 14.9 Å². The van der Waals surface area contributed by atoms with Crippen LogP contribution in [0.2, 0.25) is 5.02 Å². The molecule has 1 amide bonds. The zero-order valence-electron chi connectivity index (χ0n) is 12.4. The summed E-state index contributed by atoms with van der Waals surface area (Å²) in [6.45, 7) is 1.16. The second kappa shape index (κ2) is 7.07. The molecule has 2 rings (SSSR count). The van der Waals surface area contributed by atoms with Gasteiger partial charge in [0.1, 0.15) is 0 Å². The average molecular weight is 309 g/mol. The molecular formula is C16H21ClN2O2. The minimum Gasteiger partial charge on any atom is -0.391 e. The number of rotatable bonds is 4. The van der Waals surface area contributed by atoms with Gasteiger partial charge in [0.2, 0.25) is 5.91 Å². The van der Waals surface area contributed by atoms with Gasteiger partial charge in [0, 0.05) is 30.2 Å². The van der Waals surface area contributed by atoms with Crippen LogP contribution in [0.4, 0.5) is 0 Å². The van der Waals surface area contributed by atoms with Gasteiger partial charge in [0.25, 0.3) is 0 Å². The Morgan fingerprint density at radius 1 is 1.52 bits per heavy atom. The summed E-state index contributed by atoms with van der Waals surface area (Å²) in [5.74, 6) is -0.0709. The Morgan fingerprint density at radius 2 is 2.29 bits per heavy atom. The Kier molecular flexibility index (Phi) is 5.39. The molecule has 2 unspecified atom stereocenters. The molecule has 1 saturated heterocycles. The maximum Gasteiger partial charge on any atom is 0.246 e. The van der Waals surface area contributed by atoms with Crippen molar-refractivity contribution in [2.75, 3.05) is 27.2 Å². The van der Waals surface area contributed by atoms with Crippen LogP contribution in [0.15, 0.2) is 30.3 Å². The van der Waals surface area contributed by atoms with Crippen molar-refractivity contribution in [3.63, 3.8) is 0 Å². The smallest absolute Gasteiger partial charge is 0.246 e. The third kappa shape index (κ3) is 4.56. The van der Waals surface area contributed by atoms with E-state index in [-0.39, 0.29) is 11.9 Å². The quantitative estimate of drug-likeness (QED) is 0.864. The molecule has 4 nitrogen and oxygen atoms in total. The number of carbonyl (C=O) groups is 1. The van der Waals surface area contributed by atoms with Crippen molar-refractivity contribution >= 4 is 23.6 Å². The van der Waals surface area contributed by atoms with Crippen LogP contribution in [0.1, 0.15) is 12.0 Å². The van der Waals surface area contributed by atoms with Gasteiger partial charge in [0.05, 0.1) is 6.10 Å². The first-order valence-corrected chi connectivity index (χ1v) is 7.40. The molecule has 0 aliphatic carbocycles. The largest absolute Gasteiger partial charge is 0.391 e. The fourth-order valence-electron chi connectivity index (χ4n) is 2.63. The molecule has 0 bridgehead atoms. The molecule has 1 heterocycles. The van der Waals surface area contributed by atoms with Crippen LogP contribution in [0, 0.1) is 0 Å². The van der Waals surface area contributed by atoms with Crippen molar-refractivity contribution in [1.82, 2.24) is 9.80 Å². The van der Waals surface area contributed by atoms with E-state index in [0.717, 1.165) is 12.1 Å². The Bertz CT molecular complexity index is 531. The number of likely N-dealkylation sites (tertiary alicyclic amines) is 1. The minimum absolute atomic E-state index is 0.0616. The Morgan fingerprint density at radius 3 is 2.95 bits per heavy atom. The molecule has 1 aliphatic rings. The average Bonchev–Trinajstić information content (AvgIpc) is 2.76. The number of β-amino-alcohol motifs (C(OH)–C–C–N with tert-alkyl or cyclic N) is 1. The number of likely N-dealkylation sites (N-methyl/N-ethyl adjacent to an activating group) is 1. The molecule has 1 fully saturated rings. The van der Waals surface area contributed by atoms with Crippen LogP contribution in [-0.2, 0) is 4.79 Å². The molecule has 1 N–H and O–H groups in total. The number of hydrogen-bond donors (Lipinski definition) is 1. The lowest BCUT2D eigenvalue weighted by Gasteiger charge is -2.25. The van der Waals surface area contributed by atoms with Gasteiger partial charge in [-0.2, -0.15) is 0 Å². The summed E-state index contributed by atoms with van der Waals surface area (Å²) in [7, 11) is 3.93. The molecule has 0 spiro atoms. The third-order valence-corrected chi connectivity index (χ3v) is 3.75. The highest BCUT2D eigenvalue weighted by atomic mass is 35.5. The van der Waals surface area contributed by atoms with E-state index in [0.29, 0.717) is 18.0 Å². The normalized spacial score (nSPS) is 22.4. The standard InChI is InChI=1S/C16H21ClN2O2/c1-18(2)10-14-9-15(20)11-19(14)16(21)7-6-12-4-3-5-13(17)8-12/h3-8,14-15,20H,9-11H2,1-2H3. The van der Waals surface area contributed by atoms with Crippen LogP contribution in [0.25, 0.3) is 6.08 Å². The topological polar surface area (TPSA) is 43.8 Å². The Hall–Kier alpha value is -1.36. The first-order chi connectivity index (χ1) is 9.95. The fraction of sp³-hybridized carbons (Fsp3) is 0.438. The van der Waals surface area contributed by atoms with Crippen molar-refractivity contribution in [2.24, 2.45) is 0 Å². The van der Waals surface area contributed by atoms with Crippen LogP contribution in [-0.4, -0.2) is 60.1 Å². The first kappa shape index (κ1) is 16.0. The molecule has 0 radical (unpaired) electrons. The van der Waals surface area contributed by atoms with E-state index in [1.165, 1.54) is 0 Å². The molecule has 5 heteroatoms. The third-order valence-electron chi connectivity index (χ3n) is 3.52. The summed E-state index contributed by atoms with van der Waals surface area (Å²) in [5.41, 5.74) is 0.889. The molecule has 21 heavy (non-hydrogen) atoms. The Balaban J connectivity index is 2.04. The van der Waals surface area contributed by atoms with Gasteiger partial charge in [0.15, 0.2) is 0 Å². The van der Waals surface area contributed by atoms with Crippen molar-refractivity contribution in [3.05, 3.63) is 40.9 Å². The minimum atomic E-state index is -0.432. The van der Waals surface area contributed by atoms with Gasteiger partial charge in [-0.15, -0.1) is 0 Å². The van der Waals surface area contributed by atoms with Crippen molar-refractivity contribution < 1.29 is 9.90 Å². The maximum absolute atomic E-state index is 12.3. The molecule has 1 aliphatic heterocycles. The molecule has 1 aromatic carbocycles. The van der Waals surface area contributed by atoms with E-state index < -0.39 is 6.10 Å². The highest BCUT2D eigenvalue weighted by Crippen LogP contribution is 2.19. The van der Waals surface area contributed by atoms with E-state index >= 15 is 0 Å². The lowest BCUT2D eigenvalue weighted by molar-refractivity contribution is -0.127. The predicted octanol–water partition coefficient (Wildman–Crippen LogP) is 1.88. The summed E-state index contributed by atoms with van der Waals surface area (Å²) in [4.78, 5) is 16.1. The van der Waals surface area contributed by atoms with E-state index in [4.69, 9.17) is 11.6 Å². The summed E-state index contributed by atoms with van der Waals surface area (Å²) in [5, 5.41) is 10.4. The summed E-state index contributed by atoms with van der Waals surface area (Å²) in [6.07, 6.45) is 3.51. The predicted molar refractivity (Wildman–Crippen MR) is 85.2 cm³/mol. The van der Waals surface area contributed by atoms with Crippen LogP contribution >= 0.6 is 11.6 Å². The van der Waals surface area contributed by atoms with Gasteiger partial charge in [-0.3, -0.25) is 4.79 Å². The van der Waals surface area contributed by atoms with Gasteiger partial charge >= 0.3 is 0 Å². The van der Waals surface area contributed by atoms with E-state index in [9.17, 15) is 9.90 Å². The van der Waals surface area contributed by atoms with Crippen LogP contribution in [0.3, 0.4) is 0 Å². The number of benzene rings is 1. The number of hydrogen-bond acceptors (Lipinski definition) is 3. The summed E-state index contributed by atoms with van der Waals surface area (Å²) in [6, 6.07) is 7.41. The van der Waals surface area contributed by atoms with Crippen molar-refractivity contribution in [3.8, 4) is 0 Å². The van der Waals surface area contributed by atoms with E-state index in [2.05, 4.69) is 0 Å². The number of amides is 1. The summed E-state index contributed by atoms with van der Waals surface area (Å²) >= 11 is 5.92. The first-order valence-electron chi connectivity index (χ1n) is 7.03. The SMILES string of the molecule is CN(C)CC1CC(O)CN1C(=O)C=Cc1cccc(Cl)c1. The maximum atomic E-state index is 12.3.